The van der Waals surface area contributed by atoms with E-state index in [1.807, 2.05) is 0 Å². The van der Waals surface area contributed by atoms with Crippen molar-refractivity contribution in [2.45, 2.75) is 0 Å². The van der Waals surface area contributed by atoms with Gasteiger partial charge in [0.1, 0.15) is 0 Å². The van der Waals surface area contributed by atoms with Gasteiger partial charge in [-0.05, 0) is 0 Å². The van der Waals surface area contributed by atoms with Gasteiger partial charge in [-0.1, -0.05) is 0 Å². The summed E-state index contributed by atoms with van der Waals surface area (Å²) < 4.78 is 0. The zero-order valence-corrected chi connectivity index (χ0v) is 17.2. The van der Waals surface area contributed by atoms with Crippen LogP contribution in [0.25, 0.3) is 0 Å². The third-order valence-electron chi connectivity index (χ3n) is 0. The third-order valence-corrected chi connectivity index (χ3v) is 0. The van der Waals surface area contributed by atoms with Crippen LogP contribution in [0.15, 0.2) is 0 Å². The molecule has 5 heteroatoms. The second-order valence-corrected chi connectivity index (χ2v) is 0. The van der Waals surface area contributed by atoms with Crippen molar-refractivity contribution >= 4 is 0 Å². The van der Waals surface area contributed by atoms with Gasteiger partial charge in [0.2, 0.25) is 0 Å². The summed E-state index contributed by atoms with van der Waals surface area (Å²) in [6.45, 7) is 0. The number of hydrogen-bond donors (Lipinski definition) is 0. The molecule has 0 spiro atoms. The van der Waals surface area contributed by atoms with Crippen LogP contribution in [0.1, 0.15) is 0 Å². The van der Waals surface area contributed by atoms with Crippen LogP contribution in [0.3, 0.4) is 0 Å². The second-order valence-electron chi connectivity index (χ2n) is 0. The summed E-state index contributed by atoms with van der Waals surface area (Å²) in [5.74, 6) is 0. The summed E-state index contributed by atoms with van der Waals surface area (Å²) in [7, 11) is 0. The Bertz CT molecular complexity index is 9.61. The zero-order valence-electron chi connectivity index (χ0n) is 2.43. The van der Waals surface area contributed by atoms with Crippen molar-refractivity contribution in [2.24, 2.45) is 0 Å². The molecule has 0 fully saturated rings. The SMILES string of the molecule is [Gd].[Hf].[Hf].[Y].[Zr]. The number of hydrogen-bond acceptors (Lipinski definition) is 0. The molecule has 0 aromatic carbocycles. The molecule has 0 aliphatic heterocycles. The van der Waals surface area contributed by atoms with E-state index < -0.39 is 0 Å². The topological polar surface area (TPSA) is 0 Å². The van der Waals surface area contributed by atoms with Gasteiger partial charge in [0.15, 0.2) is 0 Å². The molecule has 0 bridgehead atoms. The first-order valence-corrected chi connectivity index (χ1v) is 0. The van der Waals surface area contributed by atoms with Gasteiger partial charge in [0.25, 0.3) is 0 Å². The van der Waals surface area contributed by atoms with E-state index in [9.17, 15) is 0 Å². The van der Waals surface area contributed by atoms with Gasteiger partial charge in [0, 0.05) is 151 Å². The molecule has 0 heterocycles. The monoisotopic (exact) mass is 697 g/mol. The molecule has 0 rings (SSSR count). The minimum Gasteiger partial charge on any atom is 0 e. The number of rotatable bonds is 0. The van der Waals surface area contributed by atoms with Gasteiger partial charge in [0.05, 0.1) is 0 Å². The van der Waals surface area contributed by atoms with Gasteiger partial charge in [-0.3, -0.25) is 0 Å². The fraction of sp³-hybridized carbons (Fsp3) is 0. The average Bonchev–Trinajstić information content (AvgIpc) is 0. The molecule has 5 heavy (non-hydrogen) atoms. The van der Waals surface area contributed by atoms with Crippen LogP contribution < -0.4 is 0 Å². The van der Waals surface area contributed by atoms with Gasteiger partial charge < -0.3 is 0 Å². The van der Waals surface area contributed by atoms with Crippen molar-refractivity contribution in [3.05, 3.63) is 0 Å². The quantitative estimate of drug-likeness (QED) is 0.314. The molecule has 0 aliphatic rings. The van der Waals surface area contributed by atoms with E-state index in [2.05, 4.69) is 0 Å². The Balaban J connectivity index is 0. The first-order chi connectivity index (χ1) is 0. The second kappa shape index (κ2) is 23.0. The molecule has 1 radical (unpaired) electrons. The van der Waals surface area contributed by atoms with Crippen molar-refractivity contribution in [2.75, 3.05) is 0 Å². The first kappa shape index (κ1) is 32.3. The van der Waals surface area contributed by atoms with E-state index in [0.29, 0.717) is 0 Å². The maximum Gasteiger partial charge on any atom is 0 e. The van der Waals surface area contributed by atoms with E-state index in [1.54, 1.807) is 0 Å². The van der Waals surface area contributed by atoms with E-state index in [-0.39, 0.29) is 151 Å². The molecule has 0 aromatic rings. The van der Waals surface area contributed by atoms with Gasteiger partial charge in [-0.25, -0.2) is 0 Å². The maximum atomic E-state index is 0. The predicted octanol–water partition coefficient (Wildman–Crippen LogP) is -0.0100. The van der Waals surface area contributed by atoms with E-state index >= 15 is 0 Å². The molecule has 0 atom stereocenters. The van der Waals surface area contributed by atoms with Crippen molar-refractivity contribution in [3.63, 3.8) is 0 Å². The molecular weight excluding hydrogens is 694 g/mol. The summed E-state index contributed by atoms with van der Waals surface area (Å²) in [6, 6.07) is 0. The predicted molar refractivity (Wildman–Crippen MR) is 0 cm³/mol. The van der Waals surface area contributed by atoms with Crippen LogP contribution >= 0.6 is 0 Å². The van der Waals surface area contributed by atoms with Crippen molar-refractivity contribution in [1.29, 1.82) is 0 Å². The molecule has 0 saturated carbocycles. The Labute approximate surface area is 146 Å². The van der Waals surface area contributed by atoms with Gasteiger partial charge in [-0.2, -0.15) is 0 Å². The van der Waals surface area contributed by atoms with Crippen LogP contribution in [0.5, 0.6) is 0 Å². The van der Waals surface area contributed by atoms with Crippen molar-refractivity contribution in [1.82, 2.24) is 0 Å². The van der Waals surface area contributed by atoms with Crippen LogP contribution in [0.2, 0.25) is 0 Å². The van der Waals surface area contributed by atoms with E-state index in [4.69, 9.17) is 0 Å². The average molecular weight is 694 g/mol. The molecule has 0 aromatic heterocycles. The summed E-state index contributed by atoms with van der Waals surface area (Å²) in [6.07, 6.45) is 0. The smallest absolute Gasteiger partial charge is 0 e. The van der Waals surface area contributed by atoms with Crippen molar-refractivity contribution in [3.8, 4) is 0 Å². The van der Waals surface area contributed by atoms with Crippen LogP contribution in [0.4, 0.5) is 0 Å². The Kier molecular flexibility index (Phi) is 148. The summed E-state index contributed by atoms with van der Waals surface area (Å²) in [5.41, 5.74) is 0. The molecule has 0 saturated heterocycles. The molecule has 0 N–H and O–H groups in total. The standard InChI is InChI=1S/Gd.2Hf.Y.Zr. The van der Waals surface area contributed by atoms with Gasteiger partial charge in [-0.15, -0.1) is 0 Å². The molecule has 0 aliphatic carbocycles. The fourth-order valence-electron chi connectivity index (χ4n) is 0. The summed E-state index contributed by atoms with van der Waals surface area (Å²) >= 11 is 0. The molecule has 0 nitrogen and oxygen atoms in total. The van der Waals surface area contributed by atoms with Crippen LogP contribution in [-0.2, 0) is 111 Å². The Morgan fingerprint density at radius 3 is 0.800 bits per heavy atom. The summed E-state index contributed by atoms with van der Waals surface area (Å²) in [5, 5.41) is 0. The van der Waals surface area contributed by atoms with Gasteiger partial charge >= 0.3 is 0 Å². The Morgan fingerprint density at radius 1 is 0.800 bits per heavy atom. The van der Waals surface area contributed by atoms with Crippen LogP contribution in [0, 0.1) is 39.9 Å². The minimum absolute atomic E-state index is 0. The summed E-state index contributed by atoms with van der Waals surface area (Å²) in [4.78, 5) is 0. The molecular formula is GdHf2YZr. The van der Waals surface area contributed by atoms with Crippen LogP contribution in [-0.4, -0.2) is 0 Å². The van der Waals surface area contributed by atoms with E-state index in [1.165, 1.54) is 0 Å². The molecule has 23 valence electrons. The molecule has 0 unspecified atom stereocenters. The van der Waals surface area contributed by atoms with E-state index in [0.717, 1.165) is 0 Å². The Hall–Kier alpha value is 5.05. The minimum atomic E-state index is 0. The van der Waals surface area contributed by atoms with Crippen molar-refractivity contribution < 1.29 is 151 Å². The molecule has 0 amide bonds. The maximum absolute atomic E-state index is 0. The first-order valence-electron chi connectivity index (χ1n) is 0. The largest absolute Gasteiger partial charge is 0 e. The third kappa shape index (κ3) is 17.6. The normalized spacial score (nSPS) is 0. The fourth-order valence-corrected chi connectivity index (χ4v) is 0. The zero-order chi connectivity index (χ0) is 0. The Morgan fingerprint density at radius 2 is 0.800 bits per heavy atom.